The molecule has 0 atom stereocenters. The molecular formula is C42H36N10O19S6. The Bertz CT molecular complexity index is 4290. The third-order valence-corrected chi connectivity index (χ3v) is 14.7. The number of benzene rings is 5. The second kappa shape index (κ2) is 22.6. The van der Waals surface area contributed by atoms with Crippen LogP contribution in [0.2, 0.25) is 0 Å². The number of phenolic OH excluding ortho intramolecular Hbond substituents is 1. The number of aryl methyl sites for hydroxylation is 1. The lowest BCUT2D eigenvalue weighted by molar-refractivity contribution is -0.432. The van der Waals surface area contributed by atoms with Crippen LogP contribution in [0, 0.1) is 25.2 Å². The molecule has 0 unspecified atom stereocenters. The van der Waals surface area contributed by atoms with Crippen LogP contribution in [-0.4, -0.2) is 107 Å². The van der Waals surface area contributed by atoms with E-state index in [1.807, 2.05) is 6.07 Å². The van der Waals surface area contributed by atoms with Gasteiger partial charge in [0.05, 0.1) is 69.6 Å². The second-order valence-corrected chi connectivity index (χ2v) is 23.2. The van der Waals surface area contributed by atoms with Gasteiger partial charge in [0.15, 0.2) is 22.0 Å². The molecule has 5 aromatic carbocycles. The lowest BCUT2D eigenvalue weighted by Gasteiger charge is -2.13. The smallest absolute Gasteiger partial charge is 0.299 e. The molecular weight excluding hydrogens is 1140 g/mol. The summed E-state index contributed by atoms with van der Waals surface area (Å²) in [6.45, 7) is 2.73. The summed E-state index contributed by atoms with van der Waals surface area (Å²) in [5, 5.41) is 70.8. The summed E-state index contributed by atoms with van der Waals surface area (Å²) in [6.07, 6.45) is 0.516. The monoisotopic (exact) mass is 1180 g/mol. The summed E-state index contributed by atoms with van der Waals surface area (Å²) in [7, 11) is -16.7. The van der Waals surface area contributed by atoms with Crippen LogP contribution in [0.3, 0.4) is 0 Å². The second-order valence-electron chi connectivity index (χ2n) is 15.7. The topological polar surface area (TPSA) is 443 Å². The normalized spacial score (nSPS) is 12.6. The number of phenols is 1. The van der Waals surface area contributed by atoms with Gasteiger partial charge in [0.1, 0.15) is 45.1 Å². The van der Waals surface area contributed by atoms with Gasteiger partial charge in [-0.1, -0.05) is 28.5 Å². The molecule has 0 spiro atoms. The number of pyridine rings is 1. The Kier molecular flexibility index (Phi) is 16.8. The van der Waals surface area contributed by atoms with Crippen molar-refractivity contribution >= 4 is 135 Å². The zero-order valence-corrected chi connectivity index (χ0v) is 44.3. The first-order chi connectivity index (χ1) is 36.1. The number of nitriles is 1. The van der Waals surface area contributed by atoms with Crippen LogP contribution in [0.15, 0.2) is 112 Å². The zero-order chi connectivity index (χ0) is 56.4. The molecule has 3 aromatic heterocycles. The first kappa shape index (κ1) is 57.3. The van der Waals surface area contributed by atoms with Gasteiger partial charge in [-0.05, 0) is 79.7 Å². The average molecular weight is 1180 g/mol. The molecule has 0 aliphatic heterocycles. The van der Waals surface area contributed by atoms with Crippen LogP contribution >= 0.6 is 23.4 Å². The number of nitrogens with zero attached hydrogens (tertiary/aromatic N) is 10. The fourth-order valence-corrected chi connectivity index (χ4v) is 10.8. The van der Waals surface area contributed by atoms with Gasteiger partial charge in [-0.3, -0.25) is 22.6 Å². The number of fused-ring (bicyclic) bond motifs is 5. The standard InChI is InChI=1S/C41H32N10O16S5.CH4O3S/c1-19-13-27(31(65-11-6-12-70(55,56)57)17-26(19)45-50-41-44-25-9-10-30(64-3)38(37(25)68-41)72(61,62)63)46-49-35-32(69-67-66-54)14-21-15-33(71(58,59)60)28(16-22(21)36(35)52)47-48-34-20(2)23(18-42)39-43-24-7-4-5-8-29(24)51(39)40(34)53;1-5(2,3)4/h4-5,7-10,13-17,52-54H,6,11-12H2,1-3H3,(H,55,56,57)(H,58,59,60)(H,61,62,63);1H3,(H,2,3,4). The number of hydrogen-bond donors (Lipinski definition) is 7. The van der Waals surface area contributed by atoms with Crippen molar-refractivity contribution in [1.82, 2.24) is 14.4 Å². The summed E-state index contributed by atoms with van der Waals surface area (Å²) < 4.78 is 145. The minimum absolute atomic E-state index is 0.0180. The lowest BCUT2D eigenvalue weighted by atomic mass is 10.1. The summed E-state index contributed by atoms with van der Waals surface area (Å²) in [4.78, 5) is 7.23. The van der Waals surface area contributed by atoms with Crippen LogP contribution in [0.1, 0.15) is 23.1 Å². The van der Waals surface area contributed by atoms with E-state index in [9.17, 15) is 62.8 Å². The van der Waals surface area contributed by atoms with E-state index < -0.39 is 79.0 Å². The molecule has 8 rings (SSSR count). The van der Waals surface area contributed by atoms with Crippen molar-refractivity contribution in [2.24, 2.45) is 30.7 Å². The number of methoxy groups -OCH3 is 1. The predicted octanol–water partition coefficient (Wildman–Crippen LogP) is 9.49. The molecule has 0 aliphatic rings. The number of thiazole rings is 1. The lowest BCUT2D eigenvalue weighted by Crippen LogP contribution is -2.08. The fourth-order valence-electron chi connectivity index (χ4n) is 7.16. The van der Waals surface area contributed by atoms with Gasteiger partial charge in [0.2, 0.25) is 11.0 Å². The van der Waals surface area contributed by atoms with E-state index in [0.29, 0.717) is 22.9 Å². The van der Waals surface area contributed by atoms with Crippen molar-refractivity contribution in [3.63, 3.8) is 0 Å². The molecule has 35 heteroatoms. The number of rotatable bonds is 17. The van der Waals surface area contributed by atoms with Crippen LogP contribution in [0.4, 0.5) is 33.6 Å². The summed E-state index contributed by atoms with van der Waals surface area (Å²) in [5.41, 5.74) is 0.476. The first-order valence-corrected chi connectivity index (χ1v) is 28.9. The highest BCUT2D eigenvalue weighted by Crippen LogP contribution is 2.48. The maximum absolute atomic E-state index is 12.8. The van der Waals surface area contributed by atoms with Crippen molar-refractivity contribution in [2.45, 2.75) is 35.0 Å². The van der Waals surface area contributed by atoms with E-state index >= 15 is 0 Å². The number of azo groups is 3. The molecule has 7 N–H and O–H groups in total. The molecule has 0 saturated heterocycles. The third-order valence-electron chi connectivity index (χ3n) is 10.4. The Morgan fingerprint density at radius 3 is 2.10 bits per heavy atom. The molecule has 77 heavy (non-hydrogen) atoms. The SMILES string of the molecule is COc1ccc2nc(N=Nc3cc(OCCCS(=O)(=O)O)c(N=Nc4c(SOOO)cc5cc(S(=O)(=O)O)c(N=Nc6c(C)c(C#N)c7nc8ccccc8n7c6O)cc5c4O)cc3C)sc2c1S(=O)(=O)O.CS(=O)(=O)O. The van der Waals surface area contributed by atoms with Crippen LogP contribution < -0.4 is 9.47 Å². The van der Waals surface area contributed by atoms with Gasteiger partial charge < -0.3 is 19.7 Å². The molecule has 404 valence electrons. The highest BCUT2D eigenvalue weighted by Gasteiger charge is 2.26. The molecule has 0 fully saturated rings. The van der Waals surface area contributed by atoms with Crippen molar-refractivity contribution < 1.29 is 86.2 Å². The first-order valence-electron chi connectivity index (χ1n) is 21.0. The van der Waals surface area contributed by atoms with E-state index in [1.54, 1.807) is 31.2 Å². The van der Waals surface area contributed by atoms with Gasteiger partial charge >= 0.3 is 0 Å². The Labute approximate surface area is 442 Å². The van der Waals surface area contributed by atoms with Crippen molar-refractivity contribution in [1.29, 1.82) is 5.26 Å². The van der Waals surface area contributed by atoms with Crippen LogP contribution in [-0.2, 0) is 49.8 Å². The number of hydrogen-bond acceptors (Lipinski definition) is 26. The Morgan fingerprint density at radius 1 is 0.779 bits per heavy atom. The van der Waals surface area contributed by atoms with Crippen molar-refractivity contribution in [2.75, 3.05) is 25.7 Å². The number of ether oxygens (including phenoxy) is 2. The Hall–Kier alpha value is -7.44. The summed E-state index contributed by atoms with van der Waals surface area (Å²) in [6, 6.07) is 17.4. The highest BCUT2D eigenvalue weighted by atomic mass is 32.2. The summed E-state index contributed by atoms with van der Waals surface area (Å²) >= 11 is 1.06. The Morgan fingerprint density at radius 2 is 1.45 bits per heavy atom. The van der Waals surface area contributed by atoms with Gasteiger partial charge in [0, 0.05) is 17.0 Å². The highest BCUT2D eigenvalue weighted by molar-refractivity contribution is 7.94. The minimum Gasteiger partial charge on any atom is -0.505 e. The largest absolute Gasteiger partial charge is 0.505 e. The van der Waals surface area contributed by atoms with Gasteiger partial charge in [-0.25, -0.2) is 15.2 Å². The number of imidazole rings is 1. The van der Waals surface area contributed by atoms with Crippen molar-refractivity contribution in [3.05, 3.63) is 83.4 Å². The van der Waals surface area contributed by atoms with Crippen molar-refractivity contribution in [3.8, 4) is 29.2 Å². The van der Waals surface area contributed by atoms with Gasteiger partial charge in [-0.15, -0.1) is 35.0 Å². The molecule has 29 nitrogen and oxygen atoms in total. The number of aromatic nitrogens is 3. The molecule has 8 aromatic rings. The van der Waals surface area contributed by atoms with Gasteiger partial charge in [0.25, 0.3) is 40.5 Å². The quantitative estimate of drug-likeness (QED) is 0.0111. The van der Waals surface area contributed by atoms with E-state index in [2.05, 4.69) is 50.0 Å². The van der Waals surface area contributed by atoms with E-state index in [-0.39, 0.29) is 101 Å². The maximum Gasteiger partial charge on any atom is 0.299 e. The van der Waals surface area contributed by atoms with Gasteiger partial charge in [-0.2, -0.15) is 38.9 Å². The Balaban J connectivity index is 0.00000165. The summed E-state index contributed by atoms with van der Waals surface area (Å²) in [5.74, 6) is -2.12. The third kappa shape index (κ3) is 13.2. The molecule has 0 saturated carbocycles. The van der Waals surface area contributed by atoms with Crippen LogP contribution in [0.25, 0.3) is 37.7 Å². The zero-order valence-electron chi connectivity index (χ0n) is 39.4. The van der Waals surface area contributed by atoms with E-state index in [1.165, 1.54) is 48.8 Å². The molecule has 0 bridgehead atoms. The molecule has 3 heterocycles. The average Bonchev–Trinajstić information content (AvgIpc) is 4.00. The molecule has 0 amide bonds. The molecule has 0 aliphatic carbocycles. The van der Waals surface area contributed by atoms with Crippen LogP contribution in [0.5, 0.6) is 23.1 Å². The van der Waals surface area contributed by atoms with E-state index in [4.69, 9.17) is 19.3 Å². The fraction of sp³-hybridized carbons (Fsp3) is 0.167. The maximum atomic E-state index is 12.8. The molecule has 0 radical (unpaired) electrons. The minimum atomic E-state index is -5.11. The number of para-hydroxylation sites is 2. The number of aromatic hydroxyl groups is 2. The predicted molar refractivity (Wildman–Crippen MR) is 274 cm³/mol. The van der Waals surface area contributed by atoms with E-state index in [0.717, 1.165) is 23.5 Å².